The Morgan fingerprint density at radius 3 is 2.34 bits per heavy atom. The van der Waals surface area contributed by atoms with Crippen LogP contribution in [0.4, 0.5) is 5.69 Å². The summed E-state index contributed by atoms with van der Waals surface area (Å²) in [5.41, 5.74) is 2.65. The van der Waals surface area contributed by atoms with Crippen molar-refractivity contribution in [1.29, 1.82) is 0 Å². The smallest absolute Gasteiger partial charge is 0.253 e. The molecule has 0 bridgehead atoms. The number of nitrogens with one attached hydrogen (secondary N) is 2. The van der Waals surface area contributed by atoms with Gasteiger partial charge in [-0.1, -0.05) is 47.5 Å². The lowest BCUT2D eigenvalue weighted by Crippen LogP contribution is -2.27. The molecule has 3 aromatic rings. The summed E-state index contributed by atoms with van der Waals surface area (Å²) in [6.07, 6.45) is 0.613. The van der Waals surface area contributed by atoms with E-state index in [9.17, 15) is 9.59 Å². The fourth-order valence-electron chi connectivity index (χ4n) is 3.34. The summed E-state index contributed by atoms with van der Waals surface area (Å²) >= 11 is 13.8. The van der Waals surface area contributed by atoms with Crippen LogP contribution in [0.5, 0.6) is 11.5 Å². The van der Waals surface area contributed by atoms with Crippen molar-refractivity contribution in [2.45, 2.75) is 12.2 Å². The summed E-state index contributed by atoms with van der Waals surface area (Å²) in [5, 5.41) is 6.87. The second-order valence-corrected chi connectivity index (χ2v) is 9.28. The molecule has 3 aromatic carbocycles. The second-order valence-electron chi connectivity index (χ2n) is 7.48. The van der Waals surface area contributed by atoms with Crippen LogP contribution in [-0.2, 0) is 17.0 Å². The number of carbonyl (C=O) groups is 2. The van der Waals surface area contributed by atoms with Gasteiger partial charge in [-0.05, 0) is 53.9 Å². The van der Waals surface area contributed by atoms with Crippen LogP contribution < -0.4 is 20.1 Å². The van der Waals surface area contributed by atoms with E-state index in [-0.39, 0.29) is 17.6 Å². The average molecular weight is 533 g/mol. The van der Waals surface area contributed by atoms with Crippen molar-refractivity contribution in [2.75, 3.05) is 31.8 Å². The average Bonchev–Trinajstić information content (AvgIpc) is 2.86. The summed E-state index contributed by atoms with van der Waals surface area (Å²) in [4.78, 5) is 25.3. The lowest BCUT2D eigenvalue weighted by molar-refractivity contribution is -0.113. The fraction of sp³-hybridized carbons (Fsp3) is 0.231. The van der Waals surface area contributed by atoms with Gasteiger partial charge >= 0.3 is 0 Å². The first-order valence-electron chi connectivity index (χ1n) is 10.8. The number of amides is 2. The van der Waals surface area contributed by atoms with E-state index in [1.54, 1.807) is 56.7 Å². The summed E-state index contributed by atoms with van der Waals surface area (Å²) < 4.78 is 10.6. The van der Waals surface area contributed by atoms with Gasteiger partial charge in [0.05, 0.1) is 31.2 Å². The predicted octanol–water partition coefficient (Wildman–Crippen LogP) is 5.86. The molecule has 9 heteroatoms. The minimum Gasteiger partial charge on any atom is -0.493 e. The largest absolute Gasteiger partial charge is 0.493 e. The van der Waals surface area contributed by atoms with Crippen LogP contribution in [0.25, 0.3) is 0 Å². The monoisotopic (exact) mass is 532 g/mol. The van der Waals surface area contributed by atoms with E-state index in [0.717, 1.165) is 11.1 Å². The Morgan fingerprint density at radius 1 is 0.914 bits per heavy atom. The molecule has 2 amide bonds. The Kier molecular flexibility index (Phi) is 10.1. The molecule has 0 unspecified atom stereocenters. The Labute approximate surface area is 219 Å². The lowest BCUT2D eigenvalue weighted by Gasteiger charge is -2.12. The van der Waals surface area contributed by atoms with Gasteiger partial charge in [-0.15, -0.1) is 11.8 Å². The van der Waals surface area contributed by atoms with E-state index >= 15 is 0 Å². The molecule has 0 fully saturated rings. The van der Waals surface area contributed by atoms with Gasteiger partial charge in [0.15, 0.2) is 11.5 Å². The zero-order valence-corrected chi connectivity index (χ0v) is 21.7. The summed E-state index contributed by atoms with van der Waals surface area (Å²) in [6, 6.07) is 17.9. The molecule has 0 aliphatic rings. The number of para-hydroxylation sites is 1. The van der Waals surface area contributed by atoms with Crippen molar-refractivity contribution in [2.24, 2.45) is 0 Å². The van der Waals surface area contributed by atoms with Crippen LogP contribution in [0.15, 0.2) is 60.7 Å². The molecule has 2 N–H and O–H groups in total. The number of halogens is 2. The highest BCUT2D eigenvalue weighted by molar-refractivity contribution is 7.99. The van der Waals surface area contributed by atoms with Crippen molar-refractivity contribution < 1.29 is 19.1 Å². The van der Waals surface area contributed by atoms with Gasteiger partial charge in [-0.2, -0.15) is 0 Å². The lowest BCUT2D eigenvalue weighted by atomic mass is 10.1. The molecule has 3 rings (SSSR count). The van der Waals surface area contributed by atoms with Gasteiger partial charge in [0.2, 0.25) is 5.91 Å². The van der Waals surface area contributed by atoms with Crippen molar-refractivity contribution in [3.63, 3.8) is 0 Å². The number of benzene rings is 3. The van der Waals surface area contributed by atoms with Gasteiger partial charge in [-0.25, -0.2) is 0 Å². The first-order valence-corrected chi connectivity index (χ1v) is 12.7. The molecule has 6 nitrogen and oxygen atoms in total. The molecule has 0 radical (unpaired) electrons. The number of thioether (sulfide) groups is 1. The first-order chi connectivity index (χ1) is 16.9. The van der Waals surface area contributed by atoms with Crippen molar-refractivity contribution in [3.8, 4) is 11.5 Å². The normalized spacial score (nSPS) is 10.5. The third-order valence-corrected chi connectivity index (χ3v) is 6.80. The highest BCUT2D eigenvalue weighted by Gasteiger charge is 2.14. The van der Waals surface area contributed by atoms with Gasteiger partial charge in [0.1, 0.15) is 0 Å². The number of methoxy groups -OCH3 is 2. The number of ether oxygens (including phenoxy) is 2. The number of rotatable bonds is 11. The SMILES string of the molecule is COc1ccc(CCNC(=O)c2ccccc2NC(=O)CSCc2c(Cl)cccc2Cl)cc1OC. The van der Waals surface area contributed by atoms with Crippen molar-refractivity contribution >= 4 is 52.5 Å². The van der Waals surface area contributed by atoms with E-state index < -0.39 is 0 Å². The van der Waals surface area contributed by atoms with Crippen molar-refractivity contribution in [1.82, 2.24) is 5.32 Å². The Bertz CT molecular complexity index is 1170. The maximum Gasteiger partial charge on any atom is 0.253 e. The zero-order chi connectivity index (χ0) is 25.2. The molecule has 0 aromatic heterocycles. The Hall–Kier alpha value is -2.87. The predicted molar refractivity (Wildman–Crippen MR) is 143 cm³/mol. The fourth-order valence-corrected chi connectivity index (χ4v) is 4.91. The van der Waals surface area contributed by atoms with E-state index in [4.69, 9.17) is 32.7 Å². The maximum atomic E-state index is 12.8. The molecule has 0 atom stereocenters. The quantitative estimate of drug-likeness (QED) is 0.323. The van der Waals surface area contributed by atoms with Crippen LogP contribution in [0.3, 0.4) is 0 Å². The number of hydrogen-bond acceptors (Lipinski definition) is 5. The van der Waals surface area contributed by atoms with Crippen LogP contribution in [-0.4, -0.2) is 38.3 Å². The van der Waals surface area contributed by atoms with Gasteiger partial charge < -0.3 is 20.1 Å². The van der Waals surface area contributed by atoms with E-state index in [1.165, 1.54) is 11.8 Å². The molecule has 0 heterocycles. The Balaban J connectivity index is 1.53. The van der Waals surface area contributed by atoms with Gasteiger partial charge in [0.25, 0.3) is 5.91 Å². The molecule has 35 heavy (non-hydrogen) atoms. The minimum absolute atomic E-state index is 0.191. The molecule has 0 aliphatic carbocycles. The van der Waals surface area contributed by atoms with Gasteiger partial charge in [0, 0.05) is 22.3 Å². The second kappa shape index (κ2) is 13.3. The third kappa shape index (κ3) is 7.56. The van der Waals surface area contributed by atoms with Crippen LogP contribution >= 0.6 is 35.0 Å². The molecule has 0 saturated carbocycles. The van der Waals surface area contributed by atoms with E-state index in [0.29, 0.717) is 51.5 Å². The van der Waals surface area contributed by atoms with Crippen LogP contribution in [0.2, 0.25) is 10.0 Å². The summed E-state index contributed by atoms with van der Waals surface area (Å²) in [7, 11) is 3.17. The number of carbonyl (C=O) groups excluding carboxylic acids is 2. The summed E-state index contributed by atoms with van der Waals surface area (Å²) in [6.45, 7) is 0.422. The molecule has 184 valence electrons. The molecule has 0 aliphatic heterocycles. The number of hydrogen-bond donors (Lipinski definition) is 2. The molecule has 0 spiro atoms. The molecule has 0 saturated heterocycles. The topological polar surface area (TPSA) is 76.7 Å². The van der Waals surface area contributed by atoms with E-state index in [2.05, 4.69) is 10.6 Å². The third-order valence-electron chi connectivity index (χ3n) is 5.13. The first kappa shape index (κ1) is 26.7. The van der Waals surface area contributed by atoms with Crippen LogP contribution in [0.1, 0.15) is 21.5 Å². The van der Waals surface area contributed by atoms with E-state index in [1.807, 2.05) is 18.2 Å². The standard InChI is InChI=1S/C26H26Cl2N2O4S/c1-33-23-11-10-17(14-24(23)34-2)12-13-29-26(32)18-6-3-4-9-22(18)30-25(31)16-35-15-19-20(27)7-5-8-21(19)28/h3-11,14H,12-13,15-16H2,1-2H3,(H,29,32)(H,30,31). The highest BCUT2D eigenvalue weighted by Crippen LogP contribution is 2.29. The molecular weight excluding hydrogens is 507 g/mol. The van der Waals surface area contributed by atoms with Gasteiger partial charge in [-0.3, -0.25) is 9.59 Å². The van der Waals surface area contributed by atoms with Crippen molar-refractivity contribution in [3.05, 3.63) is 87.4 Å². The maximum absolute atomic E-state index is 12.8. The molecular formula is C26H26Cl2N2O4S. The number of anilines is 1. The Morgan fingerprint density at radius 2 is 1.63 bits per heavy atom. The van der Waals surface area contributed by atoms with Crippen LogP contribution in [0, 0.1) is 0 Å². The summed E-state index contributed by atoms with van der Waals surface area (Å²) in [5.74, 6) is 1.50. The highest BCUT2D eigenvalue weighted by atomic mass is 35.5. The minimum atomic E-state index is -0.267. The zero-order valence-electron chi connectivity index (χ0n) is 19.4.